The van der Waals surface area contributed by atoms with Crippen LogP contribution >= 0.6 is 0 Å². The van der Waals surface area contributed by atoms with Crippen molar-refractivity contribution in [3.8, 4) is 0 Å². The molecule has 2 aromatic heterocycles. The predicted octanol–water partition coefficient (Wildman–Crippen LogP) is 0.869. The zero-order valence-corrected chi connectivity index (χ0v) is 15.7. The number of halogens is 2. The summed E-state index contributed by atoms with van der Waals surface area (Å²) in [5, 5.41) is 6.50. The van der Waals surface area contributed by atoms with Gasteiger partial charge < -0.3 is 5.32 Å². The van der Waals surface area contributed by atoms with Crippen LogP contribution < -0.4 is 10.9 Å². The number of anilines is 1. The van der Waals surface area contributed by atoms with Gasteiger partial charge in [0.05, 0.1) is 29.4 Å². The standard InChI is InChI=1S/C17H15F2N5O4S/c18-10-1-2-14(13(19)5-10)22-15(25)7-23-9-20-16-12(17(23)26)6-21-24(16)11-3-4-29(27,28)8-11/h1-2,5-6,9,11H,3-4,7-8H2,(H,22,25). The first-order valence-electron chi connectivity index (χ1n) is 8.61. The van der Waals surface area contributed by atoms with Gasteiger partial charge in [0.25, 0.3) is 5.56 Å². The van der Waals surface area contributed by atoms with E-state index >= 15 is 0 Å². The minimum atomic E-state index is -3.14. The maximum Gasteiger partial charge on any atom is 0.264 e. The fraction of sp³-hybridized carbons (Fsp3) is 0.294. The molecule has 0 aliphatic carbocycles. The molecule has 1 aliphatic heterocycles. The Kier molecular flexibility index (Phi) is 4.65. The normalized spacial score (nSPS) is 18.2. The van der Waals surface area contributed by atoms with Crippen molar-refractivity contribution in [3.05, 3.63) is 52.7 Å². The molecular formula is C17H15F2N5O4S. The molecule has 29 heavy (non-hydrogen) atoms. The first-order chi connectivity index (χ1) is 13.7. The minimum absolute atomic E-state index is 0.0518. The van der Waals surface area contributed by atoms with E-state index in [1.54, 1.807) is 0 Å². The lowest BCUT2D eigenvalue weighted by atomic mass is 10.3. The Hall–Kier alpha value is -3.15. The fourth-order valence-electron chi connectivity index (χ4n) is 3.25. The number of fused-ring (bicyclic) bond motifs is 1. The third kappa shape index (κ3) is 3.75. The van der Waals surface area contributed by atoms with E-state index in [1.807, 2.05) is 0 Å². The molecule has 12 heteroatoms. The predicted molar refractivity (Wildman–Crippen MR) is 99.1 cm³/mol. The Bertz CT molecular complexity index is 1280. The quantitative estimate of drug-likeness (QED) is 0.666. The number of carbonyl (C=O) groups excluding carboxylic acids is 1. The van der Waals surface area contributed by atoms with Crippen molar-refractivity contribution in [2.45, 2.75) is 19.0 Å². The lowest BCUT2D eigenvalue weighted by molar-refractivity contribution is -0.116. The number of nitrogens with zero attached hydrogens (tertiary/aromatic N) is 4. The van der Waals surface area contributed by atoms with E-state index in [1.165, 1.54) is 10.9 Å². The van der Waals surface area contributed by atoms with Crippen molar-refractivity contribution in [3.63, 3.8) is 0 Å². The molecule has 1 aliphatic rings. The summed E-state index contributed by atoms with van der Waals surface area (Å²) in [7, 11) is -3.14. The van der Waals surface area contributed by atoms with Gasteiger partial charge in [0.2, 0.25) is 5.91 Å². The number of amides is 1. The van der Waals surface area contributed by atoms with Crippen LogP contribution in [0.4, 0.5) is 14.5 Å². The number of rotatable bonds is 4. The van der Waals surface area contributed by atoms with Gasteiger partial charge in [-0.05, 0) is 18.6 Å². The third-order valence-electron chi connectivity index (χ3n) is 4.65. The van der Waals surface area contributed by atoms with Crippen LogP contribution in [-0.4, -0.2) is 45.2 Å². The van der Waals surface area contributed by atoms with Crippen LogP contribution in [-0.2, 0) is 21.2 Å². The molecule has 0 bridgehead atoms. The molecule has 4 rings (SSSR count). The lowest BCUT2D eigenvalue weighted by Gasteiger charge is -2.10. The second-order valence-electron chi connectivity index (χ2n) is 6.73. The van der Waals surface area contributed by atoms with E-state index in [0.717, 1.165) is 23.0 Å². The number of nitrogens with one attached hydrogen (secondary N) is 1. The summed E-state index contributed by atoms with van der Waals surface area (Å²) in [6.07, 6.45) is 2.81. The minimum Gasteiger partial charge on any atom is -0.322 e. The Morgan fingerprint density at radius 3 is 2.79 bits per heavy atom. The summed E-state index contributed by atoms with van der Waals surface area (Å²) in [5.74, 6) is -2.44. The molecule has 0 spiro atoms. The highest BCUT2D eigenvalue weighted by Crippen LogP contribution is 2.25. The largest absolute Gasteiger partial charge is 0.322 e. The van der Waals surface area contributed by atoms with Gasteiger partial charge in [0.1, 0.15) is 29.9 Å². The number of aromatic nitrogens is 4. The highest BCUT2D eigenvalue weighted by atomic mass is 32.2. The Morgan fingerprint density at radius 1 is 1.31 bits per heavy atom. The monoisotopic (exact) mass is 423 g/mol. The van der Waals surface area contributed by atoms with E-state index in [2.05, 4.69) is 15.4 Å². The first kappa shape index (κ1) is 19.2. The van der Waals surface area contributed by atoms with Crippen LogP contribution in [0.1, 0.15) is 12.5 Å². The van der Waals surface area contributed by atoms with Gasteiger partial charge in [-0.1, -0.05) is 0 Å². The van der Waals surface area contributed by atoms with Gasteiger partial charge in [-0.3, -0.25) is 14.2 Å². The molecule has 1 saturated heterocycles. The Morgan fingerprint density at radius 2 is 2.10 bits per heavy atom. The molecule has 3 heterocycles. The van der Waals surface area contributed by atoms with Crippen molar-refractivity contribution in [2.75, 3.05) is 16.8 Å². The number of carbonyl (C=O) groups is 1. The molecule has 152 valence electrons. The number of sulfone groups is 1. The third-order valence-corrected chi connectivity index (χ3v) is 6.40. The van der Waals surface area contributed by atoms with Gasteiger partial charge >= 0.3 is 0 Å². The summed E-state index contributed by atoms with van der Waals surface area (Å²) in [4.78, 5) is 28.9. The summed E-state index contributed by atoms with van der Waals surface area (Å²) in [6.45, 7) is -0.443. The van der Waals surface area contributed by atoms with Gasteiger partial charge in [0, 0.05) is 6.07 Å². The van der Waals surface area contributed by atoms with Crippen LogP contribution in [0.25, 0.3) is 11.0 Å². The molecule has 1 N–H and O–H groups in total. The topological polar surface area (TPSA) is 116 Å². The van der Waals surface area contributed by atoms with Crippen molar-refractivity contribution >= 4 is 32.5 Å². The zero-order valence-electron chi connectivity index (χ0n) is 14.9. The van der Waals surface area contributed by atoms with E-state index in [-0.39, 0.29) is 28.2 Å². The zero-order chi connectivity index (χ0) is 20.8. The molecule has 9 nitrogen and oxygen atoms in total. The van der Waals surface area contributed by atoms with Crippen LogP contribution in [0.2, 0.25) is 0 Å². The smallest absolute Gasteiger partial charge is 0.264 e. The molecule has 1 unspecified atom stereocenters. The second-order valence-corrected chi connectivity index (χ2v) is 8.96. The average molecular weight is 423 g/mol. The molecule has 3 aromatic rings. The van der Waals surface area contributed by atoms with Crippen LogP contribution in [0.5, 0.6) is 0 Å². The van der Waals surface area contributed by atoms with Gasteiger partial charge in [0.15, 0.2) is 15.5 Å². The number of hydrogen-bond acceptors (Lipinski definition) is 6. The maximum absolute atomic E-state index is 13.7. The molecule has 0 radical (unpaired) electrons. The van der Waals surface area contributed by atoms with Crippen molar-refractivity contribution in [2.24, 2.45) is 0 Å². The van der Waals surface area contributed by atoms with Crippen LogP contribution in [0, 0.1) is 11.6 Å². The molecule has 1 amide bonds. The van der Waals surface area contributed by atoms with Crippen molar-refractivity contribution in [1.29, 1.82) is 0 Å². The molecule has 1 atom stereocenters. The Balaban J connectivity index is 1.57. The summed E-state index contributed by atoms with van der Waals surface area (Å²) in [5.41, 5.74) is -0.524. The SMILES string of the molecule is O=C(Cn1cnc2c(cnn2C2CCS(=O)(=O)C2)c1=O)Nc1ccc(F)cc1F. The average Bonchev–Trinajstić information content (AvgIpc) is 3.23. The number of hydrogen-bond donors (Lipinski definition) is 1. The Labute approximate surface area is 162 Å². The first-order valence-corrected chi connectivity index (χ1v) is 10.4. The fourth-order valence-corrected chi connectivity index (χ4v) is 4.94. The highest BCUT2D eigenvalue weighted by Gasteiger charge is 2.31. The lowest BCUT2D eigenvalue weighted by Crippen LogP contribution is -2.28. The molecule has 1 fully saturated rings. The molecule has 0 saturated carbocycles. The number of benzene rings is 1. The van der Waals surface area contributed by atoms with E-state index in [4.69, 9.17) is 0 Å². The summed E-state index contributed by atoms with van der Waals surface area (Å²) in [6, 6.07) is 2.31. The molecule has 1 aromatic carbocycles. The summed E-state index contributed by atoms with van der Waals surface area (Å²) < 4.78 is 52.4. The maximum atomic E-state index is 13.7. The van der Waals surface area contributed by atoms with Crippen molar-refractivity contribution in [1.82, 2.24) is 19.3 Å². The van der Waals surface area contributed by atoms with Gasteiger partial charge in [-0.25, -0.2) is 26.9 Å². The van der Waals surface area contributed by atoms with Crippen LogP contribution in [0.3, 0.4) is 0 Å². The van der Waals surface area contributed by atoms with E-state index in [0.29, 0.717) is 12.5 Å². The molecular weight excluding hydrogens is 408 g/mol. The highest BCUT2D eigenvalue weighted by molar-refractivity contribution is 7.91. The van der Waals surface area contributed by atoms with Crippen LogP contribution in [0.15, 0.2) is 35.5 Å². The van der Waals surface area contributed by atoms with Gasteiger partial charge in [-0.2, -0.15) is 5.10 Å². The van der Waals surface area contributed by atoms with E-state index < -0.39 is 45.5 Å². The van der Waals surface area contributed by atoms with E-state index in [9.17, 15) is 26.8 Å². The summed E-state index contributed by atoms with van der Waals surface area (Å²) >= 11 is 0. The van der Waals surface area contributed by atoms with Crippen molar-refractivity contribution < 1.29 is 22.0 Å². The second kappa shape index (κ2) is 7.03. The van der Waals surface area contributed by atoms with Gasteiger partial charge in [-0.15, -0.1) is 0 Å².